The van der Waals surface area contributed by atoms with E-state index in [9.17, 15) is 8.42 Å². The first-order chi connectivity index (χ1) is 7.18. The van der Waals surface area contributed by atoms with Gasteiger partial charge in [-0.15, -0.1) is 10.2 Å². The molecule has 84 valence electrons. The van der Waals surface area contributed by atoms with Crippen molar-refractivity contribution in [1.82, 2.24) is 29.7 Å². The maximum Gasteiger partial charge on any atom is 0.279 e. The molecule has 1 fully saturated rings. The number of aromatic nitrogens is 4. The number of hydrogen-bond donors (Lipinski definition) is 2. The maximum atomic E-state index is 11.7. The van der Waals surface area contributed by atoms with Crippen molar-refractivity contribution in [1.29, 1.82) is 0 Å². The summed E-state index contributed by atoms with van der Waals surface area (Å²) in [5, 5.41) is 12.9. The zero-order valence-electron chi connectivity index (χ0n) is 8.05. The van der Waals surface area contributed by atoms with Gasteiger partial charge >= 0.3 is 0 Å². The number of rotatable bonds is 4. The van der Waals surface area contributed by atoms with Crippen molar-refractivity contribution in [2.75, 3.05) is 13.1 Å². The van der Waals surface area contributed by atoms with Crippen LogP contribution in [0.4, 0.5) is 0 Å². The summed E-state index contributed by atoms with van der Waals surface area (Å²) in [5.41, 5.74) is 0. The smallest absolute Gasteiger partial charge is 0.195 e. The lowest BCUT2D eigenvalue weighted by molar-refractivity contribution is 0.463. The van der Waals surface area contributed by atoms with Crippen LogP contribution in [-0.4, -0.2) is 46.4 Å². The third-order valence-electron chi connectivity index (χ3n) is 2.21. The molecule has 1 aromatic heterocycles. The molecule has 8 nitrogen and oxygen atoms in total. The number of hydrogen-bond acceptors (Lipinski definition) is 5. The van der Waals surface area contributed by atoms with Crippen LogP contribution in [0.25, 0.3) is 0 Å². The molecule has 0 aliphatic carbocycles. The molecular weight excluding hydrogens is 220 g/mol. The molecule has 0 bridgehead atoms. The Hall–Kier alpha value is -1.06. The average Bonchev–Trinajstić information content (AvgIpc) is 2.88. The first-order valence-electron chi connectivity index (χ1n) is 4.65. The van der Waals surface area contributed by atoms with Crippen LogP contribution in [0.5, 0.6) is 0 Å². The van der Waals surface area contributed by atoms with E-state index in [0.29, 0.717) is 18.9 Å². The van der Waals surface area contributed by atoms with Crippen molar-refractivity contribution in [2.45, 2.75) is 19.4 Å². The molecule has 1 saturated heterocycles. The summed E-state index contributed by atoms with van der Waals surface area (Å²) in [6.45, 7) is 1.23. The van der Waals surface area contributed by atoms with E-state index in [1.165, 1.54) is 4.31 Å². The molecule has 0 radical (unpaired) electrons. The molecule has 1 aliphatic rings. The molecule has 0 amide bonds. The number of H-pyrrole nitrogens is 1. The van der Waals surface area contributed by atoms with E-state index in [4.69, 9.17) is 0 Å². The second-order valence-electron chi connectivity index (χ2n) is 3.26. The topological polar surface area (TPSA) is 104 Å². The predicted octanol–water partition coefficient (Wildman–Crippen LogP) is -1.37. The van der Waals surface area contributed by atoms with Gasteiger partial charge in [-0.25, -0.2) is 0 Å². The zero-order valence-corrected chi connectivity index (χ0v) is 8.87. The van der Waals surface area contributed by atoms with Gasteiger partial charge in [-0.3, -0.25) is 0 Å². The summed E-state index contributed by atoms with van der Waals surface area (Å²) in [7, 11) is -3.37. The van der Waals surface area contributed by atoms with Crippen LogP contribution in [-0.2, 0) is 16.8 Å². The third kappa shape index (κ3) is 2.49. The Labute approximate surface area is 87.2 Å². The lowest BCUT2D eigenvalue weighted by Gasteiger charge is -2.14. The van der Waals surface area contributed by atoms with Crippen molar-refractivity contribution in [3.05, 3.63) is 5.82 Å². The van der Waals surface area contributed by atoms with Gasteiger partial charge in [-0.2, -0.15) is 22.7 Å². The standard InChI is InChI=1S/C6H12N6O2S/c13-15(14,12-3-1-2-4-12)7-5-6-8-10-11-9-6/h7H,1-5H2,(H,8,9,10,11). The van der Waals surface area contributed by atoms with Gasteiger partial charge in [-0.05, 0) is 12.8 Å². The summed E-state index contributed by atoms with van der Waals surface area (Å²) < 4.78 is 27.2. The SMILES string of the molecule is O=S(=O)(NCc1nn[nH]n1)N1CCCC1. The molecule has 1 aromatic rings. The van der Waals surface area contributed by atoms with Crippen LogP contribution in [0.2, 0.25) is 0 Å². The first-order valence-corrected chi connectivity index (χ1v) is 6.09. The van der Waals surface area contributed by atoms with E-state index in [0.717, 1.165) is 12.8 Å². The van der Waals surface area contributed by atoms with Crippen LogP contribution in [0.3, 0.4) is 0 Å². The zero-order chi connectivity index (χ0) is 10.7. The van der Waals surface area contributed by atoms with Gasteiger partial charge in [0.25, 0.3) is 10.2 Å². The number of nitrogens with one attached hydrogen (secondary N) is 2. The molecule has 2 heterocycles. The normalized spacial score (nSPS) is 18.4. The van der Waals surface area contributed by atoms with E-state index in [1.807, 2.05) is 0 Å². The fraction of sp³-hybridized carbons (Fsp3) is 0.833. The number of nitrogens with zero attached hydrogens (tertiary/aromatic N) is 4. The molecule has 15 heavy (non-hydrogen) atoms. The van der Waals surface area contributed by atoms with Gasteiger partial charge < -0.3 is 0 Å². The van der Waals surface area contributed by atoms with Crippen molar-refractivity contribution in [3.8, 4) is 0 Å². The second kappa shape index (κ2) is 4.21. The van der Waals surface area contributed by atoms with Crippen LogP contribution >= 0.6 is 0 Å². The minimum Gasteiger partial charge on any atom is -0.195 e. The largest absolute Gasteiger partial charge is 0.279 e. The fourth-order valence-corrected chi connectivity index (χ4v) is 2.67. The fourth-order valence-electron chi connectivity index (χ4n) is 1.43. The molecule has 0 atom stereocenters. The lowest BCUT2D eigenvalue weighted by Crippen LogP contribution is -2.38. The number of aromatic amines is 1. The molecule has 0 aromatic carbocycles. The molecule has 0 saturated carbocycles. The average molecular weight is 232 g/mol. The minimum atomic E-state index is -3.37. The van der Waals surface area contributed by atoms with Gasteiger partial charge in [0.2, 0.25) is 0 Å². The highest BCUT2D eigenvalue weighted by atomic mass is 32.2. The molecule has 2 rings (SSSR count). The predicted molar refractivity (Wildman–Crippen MR) is 50.7 cm³/mol. The Bertz CT molecular complexity index is 395. The van der Waals surface area contributed by atoms with Crippen molar-refractivity contribution < 1.29 is 8.42 Å². The van der Waals surface area contributed by atoms with Gasteiger partial charge in [-0.1, -0.05) is 5.21 Å². The van der Waals surface area contributed by atoms with Crippen molar-refractivity contribution in [3.63, 3.8) is 0 Å². The Kier molecular flexibility index (Phi) is 2.93. The summed E-state index contributed by atoms with van der Waals surface area (Å²) in [6.07, 6.45) is 1.84. The van der Waals surface area contributed by atoms with Crippen LogP contribution in [0, 0.1) is 0 Å². The van der Waals surface area contributed by atoms with Crippen LogP contribution in [0.1, 0.15) is 18.7 Å². The van der Waals surface area contributed by atoms with Gasteiger partial charge in [0.15, 0.2) is 5.82 Å². The summed E-state index contributed by atoms with van der Waals surface area (Å²) >= 11 is 0. The lowest BCUT2D eigenvalue weighted by atomic mass is 10.4. The Morgan fingerprint density at radius 2 is 2.13 bits per heavy atom. The van der Waals surface area contributed by atoms with E-state index in [-0.39, 0.29) is 6.54 Å². The highest BCUT2D eigenvalue weighted by molar-refractivity contribution is 7.87. The van der Waals surface area contributed by atoms with E-state index >= 15 is 0 Å². The number of tetrazole rings is 1. The second-order valence-corrected chi connectivity index (χ2v) is 5.02. The summed E-state index contributed by atoms with van der Waals surface area (Å²) in [4.78, 5) is 0. The van der Waals surface area contributed by atoms with Gasteiger partial charge in [0.05, 0.1) is 6.54 Å². The van der Waals surface area contributed by atoms with Gasteiger partial charge in [0.1, 0.15) is 0 Å². The third-order valence-corrected chi connectivity index (χ3v) is 3.76. The highest BCUT2D eigenvalue weighted by Gasteiger charge is 2.24. The minimum absolute atomic E-state index is 0.0648. The van der Waals surface area contributed by atoms with E-state index in [2.05, 4.69) is 25.3 Å². The first kappa shape index (κ1) is 10.5. The molecule has 0 unspecified atom stereocenters. The van der Waals surface area contributed by atoms with E-state index in [1.54, 1.807) is 0 Å². The quantitative estimate of drug-likeness (QED) is 0.666. The Balaban J connectivity index is 1.93. The van der Waals surface area contributed by atoms with Crippen molar-refractivity contribution >= 4 is 10.2 Å². The summed E-state index contributed by atoms with van der Waals surface area (Å²) in [6, 6.07) is 0. The summed E-state index contributed by atoms with van der Waals surface area (Å²) in [5.74, 6) is 0.331. The van der Waals surface area contributed by atoms with Crippen LogP contribution < -0.4 is 4.72 Å². The van der Waals surface area contributed by atoms with E-state index < -0.39 is 10.2 Å². The maximum absolute atomic E-state index is 11.7. The molecular formula is C6H12N6O2S. The Morgan fingerprint density at radius 1 is 1.40 bits per heavy atom. The Morgan fingerprint density at radius 3 is 2.73 bits per heavy atom. The van der Waals surface area contributed by atoms with Gasteiger partial charge in [0, 0.05) is 13.1 Å². The highest BCUT2D eigenvalue weighted by Crippen LogP contribution is 2.11. The molecule has 0 spiro atoms. The monoisotopic (exact) mass is 232 g/mol. The molecule has 1 aliphatic heterocycles. The van der Waals surface area contributed by atoms with Crippen molar-refractivity contribution in [2.24, 2.45) is 0 Å². The van der Waals surface area contributed by atoms with Crippen LogP contribution in [0.15, 0.2) is 0 Å². The molecule has 2 N–H and O–H groups in total. The molecule has 9 heteroatoms.